The molecular weight excluding hydrogens is 386 g/mol. The van der Waals surface area contributed by atoms with Gasteiger partial charge in [0.2, 0.25) is 0 Å². The number of thiophene rings is 1. The molecule has 0 atom stereocenters. The Morgan fingerprint density at radius 1 is 1.30 bits per heavy atom. The van der Waals surface area contributed by atoms with Crippen molar-refractivity contribution in [1.82, 2.24) is 14.9 Å². The fraction of sp³-hybridized carbons (Fsp3) is 0.316. The molecule has 3 aromatic rings. The average Bonchev–Trinajstić information content (AvgIpc) is 3.00. The van der Waals surface area contributed by atoms with Crippen LogP contribution in [0, 0.1) is 6.92 Å². The van der Waals surface area contributed by atoms with Gasteiger partial charge >= 0.3 is 0 Å². The maximum absolute atomic E-state index is 13.0. The number of hydrogen-bond donors (Lipinski definition) is 2. The third kappa shape index (κ3) is 3.16. The van der Waals surface area contributed by atoms with E-state index in [0.717, 1.165) is 5.56 Å². The Hall–Kier alpha value is -2.22. The zero-order chi connectivity index (χ0) is 19.2. The van der Waals surface area contributed by atoms with Gasteiger partial charge in [-0.15, -0.1) is 11.3 Å². The maximum atomic E-state index is 13.0. The zero-order valence-corrected chi connectivity index (χ0v) is 16.2. The molecule has 0 unspecified atom stereocenters. The number of aliphatic hydroxyl groups is 1. The van der Waals surface area contributed by atoms with Crippen LogP contribution in [0.25, 0.3) is 10.2 Å². The van der Waals surface area contributed by atoms with Gasteiger partial charge in [0.15, 0.2) is 0 Å². The Bertz CT molecular complexity index is 1070. The van der Waals surface area contributed by atoms with E-state index in [1.54, 1.807) is 24.0 Å². The first-order valence-electron chi connectivity index (χ1n) is 8.63. The van der Waals surface area contributed by atoms with E-state index >= 15 is 0 Å². The summed E-state index contributed by atoms with van der Waals surface area (Å²) >= 11 is 7.16. The second-order valence-electron chi connectivity index (χ2n) is 6.80. The highest BCUT2D eigenvalue weighted by atomic mass is 35.5. The predicted molar refractivity (Wildman–Crippen MR) is 105 cm³/mol. The van der Waals surface area contributed by atoms with Crippen molar-refractivity contribution in [1.29, 1.82) is 0 Å². The Kier molecular flexibility index (Phi) is 4.53. The first kappa shape index (κ1) is 18.2. The molecule has 1 amide bonds. The minimum atomic E-state index is -0.963. The number of likely N-dealkylation sites (tertiary alicyclic amines) is 1. The lowest BCUT2D eigenvalue weighted by molar-refractivity contribution is -0.0210. The molecule has 0 aliphatic carbocycles. The Balaban J connectivity index is 1.55. The van der Waals surface area contributed by atoms with Gasteiger partial charge in [-0.3, -0.25) is 9.59 Å². The number of aromatic nitrogens is 2. The van der Waals surface area contributed by atoms with E-state index < -0.39 is 5.60 Å². The van der Waals surface area contributed by atoms with Gasteiger partial charge in [0.25, 0.3) is 11.5 Å². The van der Waals surface area contributed by atoms with Gasteiger partial charge in [-0.1, -0.05) is 23.7 Å². The van der Waals surface area contributed by atoms with Gasteiger partial charge in [0.05, 0.1) is 22.2 Å². The molecule has 1 aromatic carbocycles. The minimum absolute atomic E-state index is 0.118. The summed E-state index contributed by atoms with van der Waals surface area (Å²) in [5, 5.41) is 12.1. The number of piperidine rings is 1. The van der Waals surface area contributed by atoms with Crippen LogP contribution in [0.4, 0.5) is 0 Å². The Morgan fingerprint density at radius 3 is 2.59 bits per heavy atom. The molecule has 8 heteroatoms. The number of H-pyrrole nitrogens is 1. The van der Waals surface area contributed by atoms with Crippen molar-refractivity contribution in [2.45, 2.75) is 25.4 Å². The number of benzene rings is 1. The minimum Gasteiger partial charge on any atom is -0.385 e. The van der Waals surface area contributed by atoms with E-state index in [1.165, 1.54) is 17.7 Å². The molecule has 0 radical (unpaired) electrons. The average molecular weight is 404 g/mol. The van der Waals surface area contributed by atoms with Crippen molar-refractivity contribution in [3.8, 4) is 0 Å². The van der Waals surface area contributed by atoms with Crippen LogP contribution < -0.4 is 5.56 Å². The molecule has 140 valence electrons. The summed E-state index contributed by atoms with van der Waals surface area (Å²) in [6.07, 6.45) is 2.24. The zero-order valence-electron chi connectivity index (χ0n) is 14.7. The van der Waals surface area contributed by atoms with E-state index in [2.05, 4.69) is 9.97 Å². The van der Waals surface area contributed by atoms with E-state index in [9.17, 15) is 14.7 Å². The molecule has 3 heterocycles. The lowest BCUT2D eigenvalue weighted by atomic mass is 9.84. The number of carbonyl (C=O) groups is 1. The van der Waals surface area contributed by atoms with Gasteiger partial charge in [-0.2, -0.15) is 0 Å². The van der Waals surface area contributed by atoms with Crippen LogP contribution in [-0.4, -0.2) is 39.0 Å². The van der Waals surface area contributed by atoms with Crippen LogP contribution in [0.15, 0.2) is 35.4 Å². The second kappa shape index (κ2) is 6.74. The lowest BCUT2D eigenvalue weighted by Crippen LogP contribution is -2.45. The summed E-state index contributed by atoms with van der Waals surface area (Å²) < 4.78 is 0. The Labute approximate surface area is 164 Å². The van der Waals surface area contributed by atoms with Crippen molar-refractivity contribution in [3.63, 3.8) is 0 Å². The summed E-state index contributed by atoms with van der Waals surface area (Å²) in [7, 11) is 0. The molecule has 0 bridgehead atoms. The van der Waals surface area contributed by atoms with E-state index in [4.69, 9.17) is 11.6 Å². The molecule has 0 saturated carbocycles. The Morgan fingerprint density at radius 2 is 1.96 bits per heavy atom. The van der Waals surface area contributed by atoms with Crippen LogP contribution >= 0.6 is 22.9 Å². The van der Waals surface area contributed by atoms with Crippen molar-refractivity contribution >= 4 is 39.1 Å². The highest BCUT2D eigenvalue weighted by molar-refractivity contribution is 7.20. The van der Waals surface area contributed by atoms with Crippen molar-refractivity contribution < 1.29 is 9.90 Å². The molecule has 0 spiro atoms. The van der Waals surface area contributed by atoms with Crippen LogP contribution in [0.3, 0.4) is 0 Å². The maximum Gasteiger partial charge on any atom is 0.264 e. The number of aryl methyl sites for hydroxylation is 1. The number of rotatable bonds is 2. The SMILES string of the molecule is Cc1c(C(=O)N2CCC(O)(c3ccc(Cl)cc3)CC2)sc2nc[nH]c(=O)c12. The molecule has 1 fully saturated rings. The first-order valence-corrected chi connectivity index (χ1v) is 9.83. The number of carbonyl (C=O) groups excluding carboxylic acids is 1. The third-order valence-electron chi connectivity index (χ3n) is 5.19. The summed E-state index contributed by atoms with van der Waals surface area (Å²) in [5.74, 6) is -0.118. The van der Waals surface area contributed by atoms with E-state index in [1.807, 2.05) is 12.1 Å². The number of nitrogens with one attached hydrogen (secondary N) is 1. The quantitative estimate of drug-likeness (QED) is 0.688. The van der Waals surface area contributed by atoms with Crippen LogP contribution in [-0.2, 0) is 5.60 Å². The fourth-order valence-electron chi connectivity index (χ4n) is 3.55. The van der Waals surface area contributed by atoms with Gasteiger partial charge in [0, 0.05) is 18.1 Å². The van der Waals surface area contributed by atoms with Crippen LogP contribution in [0.2, 0.25) is 5.02 Å². The predicted octanol–water partition coefficient (Wildman–Crippen LogP) is 3.07. The first-order chi connectivity index (χ1) is 12.9. The molecular formula is C19H18ClN3O3S. The van der Waals surface area contributed by atoms with Gasteiger partial charge < -0.3 is 15.0 Å². The second-order valence-corrected chi connectivity index (χ2v) is 8.23. The van der Waals surface area contributed by atoms with Crippen molar-refractivity contribution in [3.05, 3.63) is 62.0 Å². The highest BCUT2D eigenvalue weighted by Crippen LogP contribution is 2.35. The molecule has 27 heavy (non-hydrogen) atoms. The molecule has 6 nitrogen and oxygen atoms in total. The van der Waals surface area contributed by atoms with Crippen LogP contribution in [0.1, 0.15) is 33.6 Å². The number of nitrogens with zero attached hydrogens (tertiary/aromatic N) is 2. The molecule has 1 aliphatic heterocycles. The van der Waals surface area contributed by atoms with Gasteiger partial charge in [-0.25, -0.2) is 4.98 Å². The summed E-state index contributed by atoms with van der Waals surface area (Å²) in [6, 6.07) is 7.18. The van der Waals surface area contributed by atoms with Gasteiger partial charge in [0.1, 0.15) is 4.83 Å². The van der Waals surface area contributed by atoms with Gasteiger partial charge in [-0.05, 0) is 43.0 Å². The molecule has 1 aliphatic rings. The third-order valence-corrected chi connectivity index (χ3v) is 6.63. The molecule has 2 aromatic heterocycles. The largest absolute Gasteiger partial charge is 0.385 e. The summed E-state index contributed by atoms with van der Waals surface area (Å²) in [5.41, 5.74) is 0.277. The van der Waals surface area contributed by atoms with E-state index in [-0.39, 0.29) is 11.5 Å². The van der Waals surface area contributed by atoms with Crippen molar-refractivity contribution in [2.24, 2.45) is 0 Å². The van der Waals surface area contributed by atoms with Crippen LogP contribution in [0.5, 0.6) is 0 Å². The standard InChI is InChI=1S/C19H18ClN3O3S/c1-11-14-16(24)21-10-22-17(14)27-15(11)18(25)23-8-6-19(26,7-9-23)12-2-4-13(20)5-3-12/h2-5,10,26H,6-9H2,1H3,(H,21,22,24). The number of fused-ring (bicyclic) bond motifs is 1. The number of hydrogen-bond acceptors (Lipinski definition) is 5. The monoisotopic (exact) mass is 403 g/mol. The summed E-state index contributed by atoms with van der Waals surface area (Å²) in [6.45, 7) is 2.65. The normalized spacial score (nSPS) is 16.6. The smallest absolute Gasteiger partial charge is 0.264 e. The molecule has 2 N–H and O–H groups in total. The number of halogens is 1. The number of amides is 1. The number of aromatic amines is 1. The molecule has 1 saturated heterocycles. The van der Waals surface area contributed by atoms with Crippen molar-refractivity contribution in [2.75, 3.05) is 13.1 Å². The summed E-state index contributed by atoms with van der Waals surface area (Å²) in [4.78, 5) is 34.6. The lowest BCUT2D eigenvalue weighted by Gasteiger charge is -2.38. The topological polar surface area (TPSA) is 86.3 Å². The fourth-order valence-corrected chi connectivity index (χ4v) is 4.80. The molecule has 4 rings (SSSR count). The highest BCUT2D eigenvalue weighted by Gasteiger charge is 2.36. The van der Waals surface area contributed by atoms with E-state index in [0.29, 0.717) is 51.6 Å².